The Morgan fingerprint density at radius 3 is 2.71 bits per heavy atom. The number of aromatic nitrogens is 2. The number of anilines is 1. The number of alkyl halides is 4. The Morgan fingerprint density at radius 2 is 2.13 bits per heavy atom. The van der Waals surface area contributed by atoms with Crippen LogP contribution in [0.15, 0.2) is 23.0 Å². The second-order valence-corrected chi connectivity index (χ2v) is 8.23. The van der Waals surface area contributed by atoms with Crippen molar-refractivity contribution in [2.45, 2.75) is 56.8 Å². The van der Waals surface area contributed by atoms with Gasteiger partial charge in [0.05, 0.1) is 42.3 Å². The molecule has 4 heterocycles. The lowest BCUT2D eigenvalue weighted by Crippen LogP contribution is -2.55. The van der Waals surface area contributed by atoms with E-state index in [0.717, 1.165) is 12.7 Å². The minimum Gasteiger partial charge on any atom is -0.378 e. The van der Waals surface area contributed by atoms with Crippen LogP contribution in [-0.2, 0) is 4.74 Å². The number of piperidine rings is 1. The summed E-state index contributed by atoms with van der Waals surface area (Å²) in [6.45, 7) is 5.65. The lowest BCUT2D eigenvalue weighted by molar-refractivity contribution is -0.101. The van der Waals surface area contributed by atoms with Gasteiger partial charge >= 0.3 is 6.18 Å². The smallest absolute Gasteiger partial charge is 0.378 e. The molecule has 2 fully saturated rings. The molecule has 1 aromatic heterocycles. The quantitative estimate of drug-likeness (QED) is 0.615. The van der Waals surface area contributed by atoms with Crippen LogP contribution in [0, 0.1) is 6.92 Å². The van der Waals surface area contributed by atoms with Gasteiger partial charge in [-0.15, -0.1) is 0 Å². The van der Waals surface area contributed by atoms with Gasteiger partial charge in [-0.1, -0.05) is 6.92 Å². The molecular formula is C19H27F4N7O. The third kappa shape index (κ3) is 4.28. The Labute approximate surface area is 177 Å². The van der Waals surface area contributed by atoms with Crippen molar-refractivity contribution < 1.29 is 22.3 Å². The van der Waals surface area contributed by atoms with Crippen LogP contribution in [0.2, 0.25) is 0 Å². The summed E-state index contributed by atoms with van der Waals surface area (Å²) in [6.07, 6.45) is -2.61. The van der Waals surface area contributed by atoms with E-state index in [9.17, 15) is 17.6 Å². The molecule has 3 atom stereocenters. The predicted octanol–water partition coefficient (Wildman–Crippen LogP) is 2.06. The molecule has 0 spiro atoms. The molecule has 3 aliphatic rings. The number of nitrogens with one attached hydrogen (secondary N) is 2. The number of aliphatic imine (C=N–C) groups is 1. The highest BCUT2D eigenvalue weighted by molar-refractivity contribution is 5.95. The lowest BCUT2D eigenvalue weighted by Gasteiger charge is -2.42. The highest BCUT2D eigenvalue weighted by Crippen LogP contribution is 2.36. The van der Waals surface area contributed by atoms with Gasteiger partial charge in [0, 0.05) is 25.5 Å². The molecule has 31 heavy (non-hydrogen) atoms. The molecule has 0 aliphatic carbocycles. The molecule has 0 aromatic carbocycles. The molecule has 0 saturated carbocycles. The van der Waals surface area contributed by atoms with Crippen LogP contribution in [-0.4, -0.2) is 71.0 Å². The summed E-state index contributed by atoms with van der Waals surface area (Å²) in [7, 11) is 0. The Hall–Kier alpha value is -2.18. The van der Waals surface area contributed by atoms with Gasteiger partial charge in [0.25, 0.3) is 0 Å². The molecule has 0 amide bonds. The number of rotatable bonds is 4. The summed E-state index contributed by atoms with van der Waals surface area (Å²) < 4.78 is 61.4. The van der Waals surface area contributed by atoms with Crippen molar-refractivity contribution in [1.82, 2.24) is 20.0 Å². The van der Waals surface area contributed by atoms with E-state index < -0.39 is 29.6 Å². The van der Waals surface area contributed by atoms with E-state index in [-0.39, 0.29) is 18.4 Å². The van der Waals surface area contributed by atoms with Crippen LogP contribution in [0.25, 0.3) is 0 Å². The first kappa shape index (κ1) is 22.0. The predicted molar refractivity (Wildman–Crippen MR) is 107 cm³/mol. The normalized spacial score (nSPS) is 30.3. The molecule has 0 radical (unpaired) electrons. The van der Waals surface area contributed by atoms with Crippen LogP contribution >= 0.6 is 0 Å². The van der Waals surface area contributed by atoms with E-state index in [4.69, 9.17) is 10.5 Å². The average Bonchev–Trinajstić information content (AvgIpc) is 2.99. The summed E-state index contributed by atoms with van der Waals surface area (Å²) in [4.78, 5) is 6.16. The number of aryl methyl sites for hydroxylation is 1. The zero-order valence-electron chi connectivity index (χ0n) is 17.4. The topological polar surface area (TPSA) is 92.7 Å². The van der Waals surface area contributed by atoms with Crippen LogP contribution < -0.4 is 16.4 Å². The van der Waals surface area contributed by atoms with Crippen molar-refractivity contribution in [2.24, 2.45) is 10.7 Å². The molecule has 4 N–H and O–H groups in total. The molecule has 3 aliphatic heterocycles. The zero-order chi connectivity index (χ0) is 22.4. The van der Waals surface area contributed by atoms with Crippen molar-refractivity contribution in [3.8, 4) is 0 Å². The van der Waals surface area contributed by atoms with Gasteiger partial charge in [-0.05, 0) is 19.8 Å². The molecule has 3 unspecified atom stereocenters. The van der Waals surface area contributed by atoms with E-state index in [1.165, 1.54) is 0 Å². The van der Waals surface area contributed by atoms with Gasteiger partial charge in [0.15, 0.2) is 0 Å². The first-order chi connectivity index (χ1) is 14.6. The molecule has 1 aromatic rings. The lowest BCUT2D eigenvalue weighted by atomic mass is 9.97. The van der Waals surface area contributed by atoms with Gasteiger partial charge in [-0.3, -0.25) is 9.58 Å². The first-order valence-corrected chi connectivity index (χ1v) is 10.3. The van der Waals surface area contributed by atoms with E-state index in [1.54, 1.807) is 24.7 Å². The molecule has 0 bridgehead atoms. The maximum absolute atomic E-state index is 14.9. The molecule has 172 valence electrons. The summed E-state index contributed by atoms with van der Waals surface area (Å²) in [5.74, 6) is 0.0802. The zero-order valence-corrected chi connectivity index (χ0v) is 17.4. The third-order valence-corrected chi connectivity index (χ3v) is 6.16. The van der Waals surface area contributed by atoms with Crippen LogP contribution in [0.3, 0.4) is 0 Å². The fourth-order valence-electron chi connectivity index (χ4n) is 4.10. The number of guanidine groups is 1. The highest BCUT2D eigenvalue weighted by Gasteiger charge is 2.47. The van der Waals surface area contributed by atoms with Gasteiger partial charge < -0.3 is 21.1 Å². The van der Waals surface area contributed by atoms with Gasteiger partial charge in [0.2, 0.25) is 5.96 Å². The average molecular weight is 445 g/mol. The Bertz CT molecular complexity index is 879. The summed E-state index contributed by atoms with van der Waals surface area (Å²) >= 11 is 0. The number of hydrogen-bond donors (Lipinski definition) is 3. The number of nitrogens with two attached hydrogens (primary N) is 1. The Morgan fingerprint density at radius 1 is 1.39 bits per heavy atom. The number of likely N-dealkylation sites (tertiary alicyclic amines) is 1. The number of hydrogen-bond acceptors (Lipinski definition) is 7. The summed E-state index contributed by atoms with van der Waals surface area (Å²) in [6, 6.07) is -0.121. The maximum Gasteiger partial charge on any atom is 0.417 e. The van der Waals surface area contributed by atoms with Gasteiger partial charge in [-0.25, -0.2) is 9.38 Å². The number of nitrogens with zero attached hydrogens (tertiary/aromatic N) is 4. The molecule has 8 nitrogen and oxygen atoms in total. The molecule has 2 saturated heterocycles. The standard InChI is InChI=1S/C19H27F4N7O/c1-3-18(24)16(19(21,22)23)6-25-17(27-18)26-14-8-30(28-11(14)2)15-4-5-29(7-13(15)20)12-9-31-10-12/h6,8,12-13,15H,3-5,7,9-10,24H2,1-2H3,(H2,25,26,27). The summed E-state index contributed by atoms with van der Waals surface area (Å²) in [5.41, 5.74) is 4.20. The second-order valence-electron chi connectivity index (χ2n) is 8.23. The number of ether oxygens (including phenoxy) is 1. The van der Waals surface area contributed by atoms with E-state index in [0.29, 0.717) is 37.6 Å². The highest BCUT2D eigenvalue weighted by atomic mass is 19.4. The third-order valence-electron chi connectivity index (χ3n) is 6.16. The first-order valence-electron chi connectivity index (χ1n) is 10.3. The van der Waals surface area contributed by atoms with Crippen molar-refractivity contribution in [1.29, 1.82) is 0 Å². The minimum absolute atomic E-state index is 0.0302. The Balaban J connectivity index is 1.46. The van der Waals surface area contributed by atoms with E-state index in [2.05, 4.69) is 25.6 Å². The van der Waals surface area contributed by atoms with Crippen LogP contribution in [0.4, 0.5) is 23.2 Å². The second kappa shape index (κ2) is 8.06. The van der Waals surface area contributed by atoms with Crippen LogP contribution in [0.1, 0.15) is 31.5 Å². The fourth-order valence-corrected chi connectivity index (χ4v) is 4.10. The molecule has 12 heteroatoms. The van der Waals surface area contributed by atoms with Crippen molar-refractivity contribution >= 4 is 11.6 Å². The van der Waals surface area contributed by atoms with Crippen molar-refractivity contribution in [3.63, 3.8) is 0 Å². The minimum atomic E-state index is -4.59. The molecular weight excluding hydrogens is 418 g/mol. The number of halogens is 4. The monoisotopic (exact) mass is 445 g/mol. The molecule has 4 rings (SSSR count). The van der Waals surface area contributed by atoms with Crippen LogP contribution in [0.5, 0.6) is 0 Å². The SMILES string of the molecule is CCC1(N)N=C(Nc2cn(C3CCN(C4COC4)CC3F)nc2C)NC=C1C(F)(F)F. The fraction of sp³-hybridized carbons (Fsp3) is 0.684. The largest absolute Gasteiger partial charge is 0.417 e. The van der Waals surface area contributed by atoms with E-state index >= 15 is 0 Å². The van der Waals surface area contributed by atoms with Crippen molar-refractivity contribution in [2.75, 3.05) is 31.6 Å². The summed E-state index contributed by atoms with van der Waals surface area (Å²) in [5, 5.41) is 9.89. The van der Waals surface area contributed by atoms with Gasteiger partial charge in [-0.2, -0.15) is 18.3 Å². The van der Waals surface area contributed by atoms with Gasteiger partial charge in [0.1, 0.15) is 11.8 Å². The van der Waals surface area contributed by atoms with E-state index in [1.807, 2.05) is 0 Å². The van der Waals surface area contributed by atoms with Crippen molar-refractivity contribution in [3.05, 3.63) is 23.7 Å². The maximum atomic E-state index is 14.9. The Kier molecular flexibility index (Phi) is 5.73.